The zero-order valence-corrected chi connectivity index (χ0v) is 30.6. The second-order valence-electron chi connectivity index (χ2n) is 14.1. The summed E-state index contributed by atoms with van der Waals surface area (Å²) in [4.78, 5) is 18.7. The number of aromatic nitrogens is 5. The number of hydrogen-bond donors (Lipinski definition) is 2. The minimum atomic E-state index is -3.80. The molecule has 1 amide bonds. The third kappa shape index (κ3) is 7.01. The monoisotopic (exact) mass is 801 g/mol. The van der Waals surface area contributed by atoms with E-state index in [4.69, 9.17) is 16.6 Å². The number of carbonyl (C=O) groups excluding carboxylic acids is 1. The molecule has 2 N–H and O–H groups in total. The van der Waals surface area contributed by atoms with Crippen LogP contribution in [0.2, 0.25) is 5.02 Å². The van der Waals surface area contributed by atoms with Crippen LogP contribution in [-0.2, 0) is 40.8 Å². The first kappa shape index (κ1) is 36.9. The van der Waals surface area contributed by atoms with Crippen LogP contribution in [0.5, 0.6) is 0 Å². The fourth-order valence-corrected chi connectivity index (χ4v) is 8.15. The Labute approximate surface area is 315 Å². The lowest BCUT2D eigenvalue weighted by Gasteiger charge is -2.23. The predicted molar refractivity (Wildman–Crippen MR) is 190 cm³/mol. The van der Waals surface area contributed by atoms with Crippen molar-refractivity contribution < 1.29 is 39.6 Å². The number of sulfonamides is 1. The number of rotatable bonds is 10. The zero-order valence-electron chi connectivity index (χ0n) is 29.0. The van der Waals surface area contributed by atoms with Crippen molar-refractivity contribution in [1.29, 1.82) is 0 Å². The number of pyridine rings is 1. The average molecular weight is 802 g/mol. The Morgan fingerprint density at radius 2 is 1.76 bits per heavy atom. The van der Waals surface area contributed by atoms with Crippen LogP contribution >= 0.6 is 11.6 Å². The van der Waals surface area contributed by atoms with Gasteiger partial charge in [0.05, 0.1) is 33.9 Å². The molecule has 0 radical (unpaired) electrons. The van der Waals surface area contributed by atoms with Crippen molar-refractivity contribution in [3.8, 4) is 23.0 Å². The number of benzene rings is 2. The molecule has 0 saturated heterocycles. The molecule has 3 atom stereocenters. The molecule has 8 rings (SSSR count). The van der Waals surface area contributed by atoms with Gasteiger partial charge in [-0.1, -0.05) is 23.6 Å². The maximum absolute atomic E-state index is 15.4. The topological polar surface area (TPSA) is 124 Å². The standard InChI is InChI=1S/C37H30ClF6N7O3S/c1-50-33-23(9-10-26(38)30(33)36(48-50)49-55(2,53)54)22-8-7-21(6-5-17-3-4-17)45-31(22)27(13-18-11-19(39)14-20(40)12-18)46-28(52)16-51-34-29(32(47-51)35(41)42)24-15-25(24)37(34,43)44/h7-12,14,17,24-25,27,35H,3-4,13,15-16H2,1-2H3,(H,46,52)(H,48,49)/t24-,25+,27-/m0/s1. The van der Waals surface area contributed by atoms with Gasteiger partial charge in [0.25, 0.3) is 12.3 Å². The molecule has 5 aromatic rings. The molecule has 2 saturated carbocycles. The Balaban J connectivity index is 1.26. The van der Waals surface area contributed by atoms with E-state index in [1.54, 1.807) is 25.2 Å². The van der Waals surface area contributed by atoms with Crippen molar-refractivity contribution in [2.24, 2.45) is 18.9 Å². The number of nitrogens with zero attached hydrogens (tertiary/aromatic N) is 5. The molecule has 10 nitrogen and oxygen atoms in total. The summed E-state index contributed by atoms with van der Waals surface area (Å²) >= 11 is 6.59. The van der Waals surface area contributed by atoms with Gasteiger partial charge in [0.2, 0.25) is 15.9 Å². The summed E-state index contributed by atoms with van der Waals surface area (Å²) in [6.45, 7) is -0.873. The van der Waals surface area contributed by atoms with E-state index in [0.29, 0.717) is 27.4 Å². The number of nitrogens with one attached hydrogen (secondary N) is 2. The molecule has 0 unspecified atom stereocenters. The molecular weight excluding hydrogens is 772 g/mol. The van der Waals surface area contributed by atoms with E-state index in [-0.39, 0.29) is 57.5 Å². The number of carbonyl (C=O) groups is 1. The number of anilines is 1. The van der Waals surface area contributed by atoms with Crippen molar-refractivity contribution in [2.75, 3.05) is 11.0 Å². The van der Waals surface area contributed by atoms with Crippen LogP contribution in [0.1, 0.15) is 71.6 Å². The third-order valence-electron chi connectivity index (χ3n) is 9.90. The van der Waals surface area contributed by atoms with E-state index in [1.807, 2.05) is 0 Å². The van der Waals surface area contributed by atoms with Gasteiger partial charge in [-0.05, 0) is 73.4 Å². The fourth-order valence-electron chi connectivity index (χ4n) is 7.42. The van der Waals surface area contributed by atoms with Crippen LogP contribution in [0.4, 0.5) is 32.2 Å². The number of amides is 1. The summed E-state index contributed by atoms with van der Waals surface area (Å²) < 4.78 is 117. The van der Waals surface area contributed by atoms with E-state index in [1.165, 1.54) is 10.7 Å². The van der Waals surface area contributed by atoms with Crippen LogP contribution in [0.25, 0.3) is 22.0 Å². The fraction of sp³-hybridized carbons (Fsp3) is 0.351. The Kier molecular flexibility index (Phi) is 8.91. The molecule has 286 valence electrons. The zero-order chi connectivity index (χ0) is 39.1. The average Bonchev–Trinajstić information content (AvgIpc) is 4.00. The van der Waals surface area contributed by atoms with Crippen molar-refractivity contribution >= 4 is 44.3 Å². The highest BCUT2D eigenvalue weighted by Crippen LogP contribution is 2.68. The lowest BCUT2D eigenvalue weighted by Crippen LogP contribution is -2.35. The van der Waals surface area contributed by atoms with Crippen molar-refractivity contribution in [1.82, 2.24) is 29.9 Å². The van der Waals surface area contributed by atoms with Crippen molar-refractivity contribution in [2.45, 2.75) is 56.5 Å². The highest BCUT2D eigenvalue weighted by Gasteiger charge is 2.67. The first-order valence-electron chi connectivity index (χ1n) is 17.2. The normalized spacial score (nSPS) is 18.8. The van der Waals surface area contributed by atoms with Crippen LogP contribution in [0.15, 0.2) is 42.5 Å². The van der Waals surface area contributed by atoms with Crippen LogP contribution in [0, 0.1) is 35.3 Å². The summed E-state index contributed by atoms with van der Waals surface area (Å²) in [5, 5.41) is 11.2. The Hall–Kier alpha value is -5.08. The molecule has 18 heteroatoms. The van der Waals surface area contributed by atoms with E-state index in [2.05, 4.69) is 32.1 Å². The molecule has 2 aromatic carbocycles. The van der Waals surface area contributed by atoms with Crippen LogP contribution < -0.4 is 10.0 Å². The first-order chi connectivity index (χ1) is 26.0. The molecule has 0 spiro atoms. The van der Waals surface area contributed by atoms with Crippen LogP contribution in [0.3, 0.4) is 0 Å². The summed E-state index contributed by atoms with van der Waals surface area (Å²) in [5.41, 5.74) is -0.121. The maximum atomic E-state index is 15.4. The van der Waals surface area contributed by atoms with Gasteiger partial charge in [-0.3, -0.25) is 18.9 Å². The van der Waals surface area contributed by atoms with Gasteiger partial charge in [-0.25, -0.2) is 31.0 Å². The number of aryl methyl sites for hydroxylation is 1. The minimum absolute atomic E-state index is 0.0404. The van der Waals surface area contributed by atoms with Gasteiger partial charge in [0, 0.05) is 41.6 Å². The highest BCUT2D eigenvalue weighted by molar-refractivity contribution is 7.92. The van der Waals surface area contributed by atoms with E-state index in [9.17, 15) is 30.8 Å². The second kappa shape index (κ2) is 13.3. The Morgan fingerprint density at radius 3 is 2.44 bits per heavy atom. The summed E-state index contributed by atoms with van der Waals surface area (Å²) in [6.07, 6.45) is -0.597. The van der Waals surface area contributed by atoms with Gasteiger partial charge in [-0.15, -0.1) is 0 Å². The van der Waals surface area contributed by atoms with Gasteiger partial charge in [-0.2, -0.15) is 19.0 Å². The van der Waals surface area contributed by atoms with E-state index >= 15 is 8.78 Å². The second-order valence-corrected chi connectivity index (χ2v) is 16.3. The van der Waals surface area contributed by atoms with Gasteiger partial charge < -0.3 is 5.32 Å². The minimum Gasteiger partial charge on any atom is -0.346 e. The molecular formula is C37H30ClF6N7O3S. The summed E-state index contributed by atoms with van der Waals surface area (Å²) in [6, 6.07) is 7.99. The van der Waals surface area contributed by atoms with Crippen molar-refractivity contribution in [3.05, 3.63) is 93.0 Å². The van der Waals surface area contributed by atoms with Crippen LogP contribution in [-0.4, -0.2) is 45.1 Å². The first-order valence-corrected chi connectivity index (χ1v) is 19.4. The highest BCUT2D eigenvalue weighted by atomic mass is 35.5. The largest absolute Gasteiger partial charge is 0.346 e. The third-order valence-corrected chi connectivity index (χ3v) is 10.8. The molecule has 2 fully saturated rings. The number of fused-ring (bicyclic) bond motifs is 4. The number of alkyl halides is 4. The molecule has 3 aliphatic rings. The van der Waals surface area contributed by atoms with Gasteiger partial charge in [0.1, 0.15) is 35.3 Å². The van der Waals surface area contributed by atoms with Crippen molar-refractivity contribution in [3.63, 3.8) is 0 Å². The molecule has 0 bridgehead atoms. The lowest BCUT2D eigenvalue weighted by atomic mass is 9.93. The molecule has 3 aromatic heterocycles. The smallest absolute Gasteiger partial charge is 0.293 e. The number of hydrogen-bond acceptors (Lipinski definition) is 6. The number of halogens is 7. The SMILES string of the molecule is Cn1nc(NS(C)(=O)=O)c2c(Cl)ccc(-c3ccc(C#CC4CC4)nc3[C@H](Cc3cc(F)cc(F)c3)NC(=O)Cn3nc(C(F)F)c4c3C(F)(F)[C@@H]3C[C@H]43)c21. The van der Waals surface area contributed by atoms with E-state index in [0.717, 1.165) is 31.2 Å². The Bertz CT molecular complexity index is 2580. The Morgan fingerprint density at radius 1 is 1.05 bits per heavy atom. The summed E-state index contributed by atoms with van der Waals surface area (Å²) in [5.74, 6) is -1.85. The summed E-state index contributed by atoms with van der Waals surface area (Å²) in [7, 11) is -2.24. The van der Waals surface area contributed by atoms with E-state index < -0.39 is 75.7 Å². The lowest BCUT2D eigenvalue weighted by molar-refractivity contribution is -0.123. The predicted octanol–water partition coefficient (Wildman–Crippen LogP) is 7.14. The quantitative estimate of drug-likeness (QED) is 0.114. The molecule has 0 aliphatic heterocycles. The maximum Gasteiger partial charge on any atom is 0.293 e. The van der Waals surface area contributed by atoms with Gasteiger partial charge >= 0.3 is 0 Å². The molecule has 3 aliphatic carbocycles. The molecule has 3 heterocycles. The van der Waals surface area contributed by atoms with Gasteiger partial charge in [0.15, 0.2) is 5.82 Å². The molecule has 55 heavy (non-hydrogen) atoms.